The highest BCUT2D eigenvalue weighted by Crippen LogP contribution is 2.42. The topological polar surface area (TPSA) is 493 Å². The van der Waals surface area contributed by atoms with E-state index in [1.165, 1.54) is 60.7 Å². The smallest absolute Gasteiger partial charge is 0.336 e. The Morgan fingerprint density at radius 3 is 1.38 bits per heavy atom. The van der Waals surface area contributed by atoms with Gasteiger partial charge in [0.25, 0.3) is 28.7 Å². The number of ether oxygens (including phenoxy) is 10. The first kappa shape index (κ1) is 79.5. The van der Waals surface area contributed by atoms with Gasteiger partial charge in [0, 0.05) is 85.4 Å². The second-order valence-corrected chi connectivity index (χ2v) is 21.4. The van der Waals surface area contributed by atoms with E-state index in [2.05, 4.69) is 31.9 Å². The normalized spacial score (nSPS) is 11.2. The van der Waals surface area contributed by atoms with Gasteiger partial charge in [-0.2, -0.15) is 0 Å². The highest BCUT2D eigenvalue weighted by molar-refractivity contribution is 6.09. The summed E-state index contributed by atoms with van der Waals surface area (Å²) in [5, 5.41) is 81.7. The minimum atomic E-state index is -1.39. The Balaban J connectivity index is 0.849. The molecule has 0 fully saturated rings. The number of non-ortho nitro benzene ring substituents is 2. The fourth-order valence-corrected chi connectivity index (χ4v) is 9.29. The molecule has 0 radical (unpaired) electrons. The van der Waals surface area contributed by atoms with Gasteiger partial charge in [0.05, 0.1) is 182 Å². The average Bonchev–Trinajstić information content (AvgIpc) is 0.748. The van der Waals surface area contributed by atoms with Crippen molar-refractivity contribution < 1.29 is 106 Å². The number of aromatic carboxylic acids is 1. The van der Waals surface area contributed by atoms with Gasteiger partial charge in [0.15, 0.2) is 5.43 Å². The largest absolute Gasteiger partial charge is 0.508 e. The van der Waals surface area contributed by atoms with Gasteiger partial charge >= 0.3 is 5.97 Å². The first-order valence-corrected chi connectivity index (χ1v) is 31.6. The van der Waals surface area contributed by atoms with Gasteiger partial charge < -0.3 is 93.9 Å². The first-order chi connectivity index (χ1) is 48.8. The van der Waals surface area contributed by atoms with Crippen molar-refractivity contribution in [1.29, 1.82) is 0 Å². The summed E-state index contributed by atoms with van der Waals surface area (Å²) in [5.74, 6) is -3.59. The number of carboxylic acids is 1. The van der Waals surface area contributed by atoms with Crippen molar-refractivity contribution in [1.82, 2.24) is 21.3 Å². The number of hydrogen-bond donors (Lipinski definition) is 8. The number of phenolic OH excluding ortho intramolecular Hbond substituents is 1. The molecule has 6 rings (SSSR count). The summed E-state index contributed by atoms with van der Waals surface area (Å²) in [7, 11) is 0. The van der Waals surface area contributed by atoms with Crippen LogP contribution in [0.4, 0.5) is 34.1 Å². The van der Waals surface area contributed by atoms with E-state index in [4.69, 9.17) is 51.8 Å². The van der Waals surface area contributed by atoms with Crippen molar-refractivity contribution in [3.8, 4) is 28.2 Å². The number of carbonyl (C=O) groups excluding carboxylic acids is 4. The van der Waals surface area contributed by atoms with Crippen LogP contribution in [0.15, 0.2) is 100 Å². The third kappa shape index (κ3) is 28.4. The predicted octanol–water partition coefficient (Wildman–Crippen LogP) is 4.22. The summed E-state index contributed by atoms with van der Waals surface area (Å²) in [4.78, 5) is 119. The summed E-state index contributed by atoms with van der Waals surface area (Å²) in [5.41, 5.74) is -1.05. The van der Waals surface area contributed by atoms with Crippen LogP contribution in [0, 0.1) is 40.5 Å². The number of nitrogens with one attached hydrogen (secondary N) is 6. The van der Waals surface area contributed by atoms with Crippen LogP contribution in [0.1, 0.15) is 33.6 Å². The Morgan fingerprint density at radius 1 is 0.465 bits per heavy atom. The standard InChI is InChI=1S/C64H78N10O27/c75-47-4-7-50-57(38-47)101-58-39-48(76)5-8-51(58)62(50)49-6-1-43(35-52(49)64(81)82)63(80)69-40-61(79)70-44(41-99-17-11-59(77)67-15-21-93-25-29-97-33-31-95-27-23-91-19-13-65-53-9-2-45(71(83)84)36-55(53)73(87)88)42-100-18-12-60(78)68-16-22-94-26-30-98-34-32-96-28-24-92-20-14-66-54-10-3-46(72(85)86)37-56(54)74(89)90/h1-10,35-39,44,65-66,75H,11-34,40-42H2,(H,67,77)(H,68,78)(H,69,80)(H,70,79)(H,81,82). The van der Waals surface area contributed by atoms with E-state index in [1.54, 1.807) is 0 Å². The van der Waals surface area contributed by atoms with E-state index in [0.29, 0.717) is 16.5 Å². The van der Waals surface area contributed by atoms with E-state index >= 15 is 0 Å². The average molecular weight is 1420 g/mol. The summed E-state index contributed by atoms with van der Waals surface area (Å²) in [6, 6.07) is 17.9. The molecule has 1 aliphatic heterocycles. The van der Waals surface area contributed by atoms with Crippen molar-refractivity contribution in [3.05, 3.63) is 153 Å². The molecule has 0 aromatic heterocycles. The number of rotatable bonds is 52. The van der Waals surface area contributed by atoms with Gasteiger partial charge in [-0.15, -0.1) is 0 Å². The number of benzene rings is 5. The minimum Gasteiger partial charge on any atom is -0.508 e. The molecule has 37 heteroatoms. The molecule has 101 heavy (non-hydrogen) atoms. The number of nitro groups is 4. The van der Waals surface area contributed by atoms with Crippen LogP contribution in [0.2, 0.25) is 0 Å². The lowest BCUT2D eigenvalue weighted by atomic mass is 9.90. The Bertz CT molecular complexity index is 3640. The minimum absolute atomic E-state index is 0.0642. The number of nitro benzene ring substituents is 4. The maximum absolute atomic E-state index is 13.5. The molecule has 8 N–H and O–H groups in total. The molecule has 0 spiro atoms. The molecular weight excluding hydrogens is 1340 g/mol. The Kier molecular flexibility index (Phi) is 34.5. The van der Waals surface area contributed by atoms with Gasteiger partial charge in [-0.1, -0.05) is 6.07 Å². The SMILES string of the molecule is O=C(CCOCC(COCCC(=O)NCCOCCOCCOCCOCCNc1ccc([N+](=O)[O-])cc1[N+](=O)[O-])NC(=O)CNC(=O)c1ccc(-c2c3ccc(=O)cc-3oc3cc(O)ccc23)c(C(=O)O)c1)NCCOCCOCCOCCOCCNc1ccc([N+](=O)[O-])cc1[N+](=O)[O-]. The number of carbonyl (C=O) groups is 5. The quantitative estimate of drug-likeness (QED) is 0.0115. The molecule has 0 atom stereocenters. The van der Waals surface area contributed by atoms with Crippen molar-refractivity contribution in [2.75, 3.05) is 175 Å². The zero-order chi connectivity index (χ0) is 72.7. The van der Waals surface area contributed by atoms with Gasteiger partial charge in [0.2, 0.25) is 17.7 Å². The van der Waals surface area contributed by atoms with Crippen molar-refractivity contribution in [3.63, 3.8) is 0 Å². The number of phenols is 1. The number of carboxylic acid groups (broad SMARTS) is 1. The lowest BCUT2D eigenvalue weighted by Crippen LogP contribution is -2.46. The lowest BCUT2D eigenvalue weighted by molar-refractivity contribution is -0.393. The molecule has 0 unspecified atom stereocenters. The Morgan fingerprint density at radius 2 is 0.921 bits per heavy atom. The van der Waals surface area contributed by atoms with E-state index < -0.39 is 72.8 Å². The molecule has 546 valence electrons. The van der Waals surface area contributed by atoms with Gasteiger partial charge in [-0.05, 0) is 54.1 Å². The van der Waals surface area contributed by atoms with Crippen molar-refractivity contribution in [2.45, 2.75) is 18.9 Å². The highest BCUT2D eigenvalue weighted by Gasteiger charge is 2.25. The van der Waals surface area contributed by atoms with E-state index in [-0.39, 0.29) is 234 Å². The molecule has 4 aromatic carbocycles. The molecule has 1 heterocycles. The molecule has 4 aromatic rings. The second kappa shape index (κ2) is 43.8. The summed E-state index contributed by atoms with van der Waals surface area (Å²) >= 11 is 0. The molecular formula is C64H78N10O27. The zero-order valence-electron chi connectivity index (χ0n) is 54.7. The molecule has 2 aliphatic rings. The number of fused-ring (bicyclic) bond motifs is 2. The fourth-order valence-electron chi connectivity index (χ4n) is 9.29. The number of aromatic hydroxyl groups is 1. The van der Waals surface area contributed by atoms with Crippen LogP contribution in [0.5, 0.6) is 5.75 Å². The molecule has 37 nitrogen and oxygen atoms in total. The molecule has 0 saturated heterocycles. The van der Waals surface area contributed by atoms with Gasteiger partial charge in [0.1, 0.15) is 28.5 Å². The van der Waals surface area contributed by atoms with Gasteiger partial charge in [-0.25, -0.2) is 4.79 Å². The Hall–Kier alpha value is -10.5. The van der Waals surface area contributed by atoms with Crippen LogP contribution in [0.25, 0.3) is 33.4 Å². The fraction of sp³-hybridized carbons (Fsp3) is 0.438. The van der Waals surface area contributed by atoms with Crippen molar-refractivity contribution >= 4 is 74.7 Å². The van der Waals surface area contributed by atoms with E-state index in [0.717, 1.165) is 30.3 Å². The van der Waals surface area contributed by atoms with Crippen LogP contribution in [0.3, 0.4) is 0 Å². The van der Waals surface area contributed by atoms with Crippen LogP contribution >= 0.6 is 0 Å². The number of anilines is 2. The van der Waals surface area contributed by atoms with Crippen LogP contribution in [-0.4, -0.2) is 230 Å². The van der Waals surface area contributed by atoms with Crippen molar-refractivity contribution in [2.24, 2.45) is 0 Å². The number of hydrogen-bond acceptors (Lipinski definition) is 28. The van der Waals surface area contributed by atoms with Crippen LogP contribution in [-0.2, 0) is 61.8 Å². The number of nitrogens with zero attached hydrogens (tertiary/aromatic N) is 4. The second-order valence-electron chi connectivity index (χ2n) is 21.4. The lowest BCUT2D eigenvalue weighted by Gasteiger charge is -2.19. The first-order valence-electron chi connectivity index (χ1n) is 31.6. The van der Waals surface area contributed by atoms with E-state index in [1.807, 2.05) is 0 Å². The predicted molar refractivity (Wildman–Crippen MR) is 357 cm³/mol. The summed E-state index contributed by atoms with van der Waals surface area (Å²) in [6.07, 6.45) is -0.128. The maximum atomic E-state index is 13.5. The number of amides is 4. The maximum Gasteiger partial charge on any atom is 0.336 e. The molecule has 0 saturated carbocycles. The molecule has 4 amide bonds. The van der Waals surface area contributed by atoms with Crippen LogP contribution < -0.4 is 37.3 Å². The molecule has 0 bridgehead atoms. The monoisotopic (exact) mass is 1420 g/mol. The summed E-state index contributed by atoms with van der Waals surface area (Å²) in [6.45, 7) is 3.58. The third-order valence-electron chi connectivity index (χ3n) is 14.1. The third-order valence-corrected chi connectivity index (χ3v) is 14.1. The van der Waals surface area contributed by atoms with E-state index in [9.17, 15) is 79.4 Å². The van der Waals surface area contributed by atoms with Gasteiger partial charge in [-0.3, -0.25) is 64.4 Å². The summed E-state index contributed by atoms with van der Waals surface area (Å²) < 4.78 is 61.2. The Labute approximate surface area is 575 Å². The molecule has 1 aliphatic carbocycles. The zero-order valence-corrected chi connectivity index (χ0v) is 54.7. The highest BCUT2D eigenvalue weighted by atomic mass is 16.6.